The minimum atomic E-state index is -0.633. The van der Waals surface area contributed by atoms with Crippen molar-refractivity contribution < 1.29 is 13.9 Å². The Labute approximate surface area is 195 Å². The van der Waals surface area contributed by atoms with Gasteiger partial charge in [0.05, 0.1) is 31.1 Å². The minimum absolute atomic E-state index is 0.0754. The number of nitrogens with two attached hydrogens (primary N) is 1. The smallest absolute Gasteiger partial charge is 0.293 e. The lowest BCUT2D eigenvalue weighted by molar-refractivity contribution is -0.151. The number of anilines is 2. The molecule has 3 aromatic rings. The molecule has 1 atom stereocenters. The Morgan fingerprint density at radius 1 is 1.25 bits per heavy atom. The van der Waals surface area contributed by atoms with Crippen molar-refractivity contribution >= 4 is 51.9 Å². The van der Waals surface area contributed by atoms with Crippen LogP contribution in [0, 0.1) is 0 Å². The first kappa shape index (κ1) is 21.3. The first-order valence-corrected chi connectivity index (χ1v) is 11.2. The normalized spacial score (nSPS) is 20.4. The number of carbonyl (C=O) groups excluding carboxylic acids is 1. The first-order chi connectivity index (χ1) is 15.3. The van der Waals surface area contributed by atoms with Crippen molar-refractivity contribution in [2.45, 2.75) is 31.9 Å². The molecule has 0 radical (unpaired) electrons. The van der Waals surface area contributed by atoms with Gasteiger partial charge >= 0.3 is 0 Å². The molecule has 0 saturated carbocycles. The monoisotopic (exact) mass is 475 g/mol. The van der Waals surface area contributed by atoms with Crippen LogP contribution in [-0.4, -0.2) is 53.1 Å². The van der Waals surface area contributed by atoms with Gasteiger partial charge in [-0.1, -0.05) is 23.2 Å². The summed E-state index contributed by atoms with van der Waals surface area (Å²) in [5.41, 5.74) is 9.01. The van der Waals surface area contributed by atoms with Crippen molar-refractivity contribution in [2.75, 3.05) is 36.9 Å². The average molecular weight is 476 g/mol. The van der Waals surface area contributed by atoms with Gasteiger partial charge in [-0.15, -0.1) is 0 Å². The van der Waals surface area contributed by atoms with E-state index in [-0.39, 0.29) is 11.9 Å². The van der Waals surface area contributed by atoms with Crippen LogP contribution in [0.25, 0.3) is 11.1 Å². The van der Waals surface area contributed by atoms with Gasteiger partial charge in [0.1, 0.15) is 11.2 Å². The van der Waals surface area contributed by atoms with E-state index in [1.54, 1.807) is 18.5 Å². The van der Waals surface area contributed by atoms with Crippen molar-refractivity contribution in [1.82, 2.24) is 14.9 Å². The lowest BCUT2D eigenvalue weighted by Crippen LogP contribution is -2.57. The van der Waals surface area contributed by atoms with Gasteiger partial charge < -0.3 is 24.7 Å². The summed E-state index contributed by atoms with van der Waals surface area (Å²) in [6, 6.07) is 3.75. The van der Waals surface area contributed by atoms with E-state index in [1.807, 2.05) is 29.7 Å². The van der Waals surface area contributed by atoms with E-state index in [0.717, 1.165) is 16.8 Å². The fraction of sp³-hybridized carbons (Fsp3) is 0.409. The van der Waals surface area contributed by atoms with E-state index in [9.17, 15) is 4.79 Å². The van der Waals surface area contributed by atoms with E-state index >= 15 is 0 Å². The van der Waals surface area contributed by atoms with Gasteiger partial charge in [0, 0.05) is 23.1 Å². The average Bonchev–Trinajstić information content (AvgIpc) is 3.12. The number of pyridine rings is 1. The van der Waals surface area contributed by atoms with E-state index < -0.39 is 11.6 Å². The molecule has 8 nitrogen and oxygen atoms in total. The second-order valence-electron chi connectivity index (χ2n) is 8.59. The van der Waals surface area contributed by atoms with E-state index in [1.165, 1.54) is 0 Å². The largest absolute Gasteiger partial charge is 0.421 e. The molecule has 2 N–H and O–H groups in total. The van der Waals surface area contributed by atoms with Gasteiger partial charge in [0.2, 0.25) is 0 Å². The minimum Gasteiger partial charge on any atom is -0.421 e. The number of hydrogen-bond acceptors (Lipinski definition) is 7. The molecule has 4 heterocycles. The lowest BCUT2D eigenvalue weighted by Gasteiger charge is -2.46. The molecule has 2 aliphatic rings. The third-order valence-corrected chi connectivity index (χ3v) is 6.79. The third-order valence-electron chi connectivity index (χ3n) is 6.27. The van der Waals surface area contributed by atoms with Crippen LogP contribution < -0.4 is 10.6 Å². The second-order valence-corrected chi connectivity index (χ2v) is 9.43. The molecule has 0 aliphatic carbocycles. The van der Waals surface area contributed by atoms with E-state index in [4.69, 9.17) is 38.1 Å². The van der Waals surface area contributed by atoms with Gasteiger partial charge in [0.15, 0.2) is 11.7 Å². The SMILES string of the molecule is CC1(C)c2c(Cl)cc(Cl)cc2CCN1C(=O)[C@H]1CN(c2cncc3nc(N)oc23)CCO1. The zero-order chi connectivity index (χ0) is 22.6. The van der Waals surface area contributed by atoms with Crippen molar-refractivity contribution in [2.24, 2.45) is 0 Å². The molecule has 1 saturated heterocycles. The highest BCUT2D eigenvalue weighted by atomic mass is 35.5. The summed E-state index contributed by atoms with van der Waals surface area (Å²) < 4.78 is 11.5. The summed E-state index contributed by atoms with van der Waals surface area (Å²) in [5, 5.41) is 1.17. The number of ether oxygens (including phenoxy) is 1. The van der Waals surface area contributed by atoms with Crippen LogP contribution in [0.4, 0.5) is 11.7 Å². The molecule has 1 aromatic carbocycles. The molecule has 168 valence electrons. The highest BCUT2D eigenvalue weighted by Gasteiger charge is 2.42. The van der Waals surface area contributed by atoms with Crippen molar-refractivity contribution in [3.05, 3.63) is 45.7 Å². The van der Waals surface area contributed by atoms with Crippen LogP contribution in [-0.2, 0) is 21.5 Å². The molecular formula is C22H23Cl2N5O3. The highest BCUT2D eigenvalue weighted by Crippen LogP contribution is 2.41. The highest BCUT2D eigenvalue weighted by molar-refractivity contribution is 6.35. The maximum atomic E-state index is 13.6. The summed E-state index contributed by atoms with van der Waals surface area (Å²) >= 11 is 12.8. The van der Waals surface area contributed by atoms with Gasteiger partial charge in [-0.05, 0) is 43.5 Å². The Bertz CT molecular complexity index is 1210. The lowest BCUT2D eigenvalue weighted by atomic mass is 9.83. The number of oxazole rings is 1. The summed E-state index contributed by atoms with van der Waals surface area (Å²) in [6.07, 6.45) is 3.35. The number of benzene rings is 1. The molecule has 0 bridgehead atoms. The number of rotatable bonds is 2. The third kappa shape index (κ3) is 3.46. The molecule has 0 spiro atoms. The van der Waals surface area contributed by atoms with Gasteiger partial charge in [0.25, 0.3) is 11.9 Å². The molecule has 1 fully saturated rings. The number of nitrogens with zero attached hydrogens (tertiary/aromatic N) is 4. The Morgan fingerprint density at radius 3 is 2.88 bits per heavy atom. The zero-order valence-electron chi connectivity index (χ0n) is 17.8. The van der Waals surface area contributed by atoms with Crippen LogP contribution in [0.5, 0.6) is 0 Å². The number of aromatic nitrogens is 2. The van der Waals surface area contributed by atoms with Crippen LogP contribution in [0.1, 0.15) is 25.0 Å². The quantitative estimate of drug-likeness (QED) is 0.603. The van der Waals surface area contributed by atoms with Crippen molar-refractivity contribution in [1.29, 1.82) is 0 Å². The standard InChI is InChI=1S/C22H23Cl2N5O3/c1-22(2)18-12(7-13(23)8-14(18)24)3-4-29(22)20(30)17-11-28(5-6-31-17)16-10-26-9-15-19(16)32-21(25)27-15/h7-10,17H,3-6,11H2,1-2H3,(H2,25,27)/t17-/m1/s1. The summed E-state index contributed by atoms with van der Waals surface area (Å²) in [7, 11) is 0. The zero-order valence-corrected chi connectivity index (χ0v) is 19.3. The number of carbonyl (C=O) groups is 1. The Kier molecular flexibility index (Phi) is 5.19. The topological polar surface area (TPSA) is 97.7 Å². The predicted molar refractivity (Wildman–Crippen MR) is 123 cm³/mol. The fourth-order valence-electron chi connectivity index (χ4n) is 4.82. The molecule has 0 unspecified atom stereocenters. The Balaban J connectivity index is 1.42. The van der Waals surface area contributed by atoms with Crippen LogP contribution in [0.15, 0.2) is 28.9 Å². The number of fused-ring (bicyclic) bond motifs is 2. The second kappa shape index (κ2) is 7.79. The summed E-state index contributed by atoms with van der Waals surface area (Å²) in [4.78, 5) is 25.9. The number of nitrogen functional groups attached to an aromatic ring is 1. The van der Waals surface area contributed by atoms with Crippen molar-refractivity contribution in [3.8, 4) is 0 Å². The summed E-state index contributed by atoms with van der Waals surface area (Å²) in [5.74, 6) is -0.0754. The Hall–Kier alpha value is -2.55. The molecule has 2 aromatic heterocycles. The molecule has 1 amide bonds. The van der Waals surface area contributed by atoms with E-state index in [0.29, 0.717) is 53.8 Å². The number of halogens is 2. The Morgan fingerprint density at radius 2 is 2.06 bits per heavy atom. The van der Waals surface area contributed by atoms with Gasteiger partial charge in [-0.25, -0.2) is 0 Å². The number of morpholine rings is 1. The number of hydrogen-bond donors (Lipinski definition) is 1. The van der Waals surface area contributed by atoms with Gasteiger partial charge in [-0.3, -0.25) is 9.78 Å². The molecule has 5 rings (SSSR count). The maximum absolute atomic E-state index is 13.6. The predicted octanol–water partition coefficient (Wildman–Crippen LogP) is 3.64. The van der Waals surface area contributed by atoms with Crippen LogP contribution in [0.3, 0.4) is 0 Å². The maximum Gasteiger partial charge on any atom is 0.293 e. The van der Waals surface area contributed by atoms with Gasteiger partial charge in [-0.2, -0.15) is 4.98 Å². The molecule has 10 heteroatoms. The molecular weight excluding hydrogens is 453 g/mol. The molecule has 2 aliphatic heterocycles. The molecule has 32 heavy (non-hydrogen) atoms. The number of amides is 1. The van der Waals surface area contributed by atoms with E-state index in [2.05, 4.69) is 9.97 Å². The first-order valence-electron chi connectivity index (χ1n) is 10.4. The fourth-order valence-corrected chi connectivity index (χ4v) is 5.58. The van der Waals surface area contributed by atoms with Crippen LogP contribution >= 0.6 is 23.2 Å². The van der Waals surface area contributed by atoms with Crippen LogP contribution in [0.2, 0.25) is 10.0 Å². The summed E-state index contributed by atoms with van der Waals surface area (Å²) in [6.45, 7) is 5.94. The van der Waals surface area contributed by atoms with Crippen molar-refractivity contribution in [3.63, 3.8) is 0 Å².